The van der Waals surface area contributed by atoms with Gasteiger partial charge in [-0.2, -0.15) is 0 Å². The number of amides is 3. The number of hydrogen-bond acceptors (Lipinski definition) is 3. The Morgan fingerprint density at radius 3 is 2.88 bits per heavy atom. The Balaban J connectivity index is 1.62. The van der Waals surface area contributed by atoms with E-state index in [2.05, 4.69) is 10.6 Å². The van der Waals surface area contributed by atoms with Crippen LogP contribution in [0.5, 0.6) is 0 Å². The third-order valence-electron chi connectivity index (χ3n) is 4.68. The molecule has 0 radical (unpaired) electrons. The predicted molar refractivity (Wildman–Crippen MR) is 83.4 cm³/mol. The van der Waals surface area contributed by atoms with Crippen LogP contribution in [0.3, 0.4) is 0 Å². The number of nitrogens with one attached hydrogen (secondary N) is 2. The highest BCUT2D eigenvalue weighted by molar-refractivity contribution is 6.01. The Morgan fingerprint density at radius 2 is 2.12 bits per heavy atom. The third-order valence-corrected chi connectivity index (χ3v) is 4.68. The van der Waals surface area contributed by atoms with Crippen LogP contribution in [0.1, 0.15) is 24.4 Å². The van der Waals surface area contributed by atoms with E-state index >= 15 is 0 Å². The molecule has 0 saturated carbocycles. The Hall–Kier alpha value is -2.41. The van der Waals surface area contributed by atoms with Crippen molar-refractivity contribution >= 4 is 11.9 Å². The minimum absolute atomic E-state index is 0.0332. The van der Waals surface area contributed by atoms with Crippen LogP contribution in [0, 0.1) is 5.82 Å². The molecule has 0 bridgehead atoms. The zero-order chi connectivity index (χ0) is 16.7. The van der Waals surface area contributed by atoms with Crippen molar-refractivity contribution in [2.45, 2.75) is 25.0 Å². The van der Waals surface area contributed by atoms with Crippen molar-refractivity contribution in [2.75, 3.05) is 19.7 Å². The minimum atomic E-state index is -0.767. The van der Waals surface area contributed by atoms with Gasteiger partial charge in [0.05, 0.1) is 30.0 Å². The lowest BCUT2D eigenvalue weighted by atomic mass is 9.96. The monoisotopic (exact) mass is 331 g/mol. The molecular weight excluding hydrogens is 313 g/mol. The Bertz CT molecular complexity index is 728. The summed E-state index contributed by atoms with van der Waals surface area (Å²) in [4.78, 5) is 26.4. The van der Waals surface area contributed by atoms with Gasteiger partial charge in [-0.05, 0) is 18.9 Å². The second kappa shape index (κ2) is 5.90. The van der Waals surface area contributed by atoms with E-state index in [1.807, 2.05) is 0 Å². The molecule has 1 saturated heterocycles. The lowest BCUT2D eigenvalue weighted by Gasteiger charge is -2.26. The van der Waals surface area contributed by atoms with Crippen LogP contribution in [-0.2, 0) is 9.53 Å². The van der Waals surface area contributed by atoms with Crippen molar-refractivity contribution in [1.82, 2.24) is 15.5 Å². The zero-order valence-electron chi connectivity index (χ0n) is 13.0. The molecule has 1 aromatic rings. The first-order valence-electron chi connectivity index (χ1n) is 8.09. The smallest absolute Gasteiger partial charge is 0.319 e. The highest BCUT2D eigenvalue weighted by Crippen LogP contribution is 2.34. The topological polar surface area (TPSA) is 70.7 Å². The van der Waals surface area contributed by atoms with E-state index in [1.54, 1.807) is 23.1 Å². The molecule has 0 unspecified atom stereocenters. The van der Waals surface area contributed by atoms with Gasteiger partial charge in [0.1, 0.15) is 5.82 Å². The van der Waals surface area contributed by atoms with Gasteiger partial charge < -0.3 is 20.3 Å². The summed E-state index contributed by atoms with van der Waals surface area (Å²) in [6.45, 7) is 1.54. The van der Waals surface area contributed by atoms with Gasteiger partial charge in [0, 0.05) is 18.7 Å². The first kappa shape index (κ1) is 15.1. The third kappa shape index (κ3) is 2.54. The number of halogens is 1. The largest absolute Gasteiger partial charge is 0.376 e. The van der Waals surface area contributed by atoms with Gasteiger partial charge in [0.2, 0.25) is 0 Å². The summed E-state index contributed by atoms with van der Waals surface area (Å²) in [5.41, 5.74) is 1.26. The molecule has 3 aliphatic rings. The molecule has 3 aliphatic heterocycles. The molecule has 3 heterocycles. The summed E-state index contributed by atoms with van der Waals surface area (Å²) in [6.07, 6.45) is 1.96. The maximum atomic E-state index is 14.2. The number of carbonyl (C=O) groups excluding carboxylic acids is 2. The molecule has 0 aromatic heterocycles. The zero-order valence-corrected chi connectivity index (χ0v) is 13.0. The fourth-order valence-electron chi connectivity index (χ4n) is 3.55. The SMILES string of the molecule is O=C1NC2=C(C(=O)N(C[C@@H]3CCCO3)C2)[C@@H](c2ccccc2F)N1. The highest BCUT2D eigenvalue weighted by atomic mass is 19.1. The van der Waals surface area contributed by atoms with Crippen LogP contribution in [0.4, 0.5) is 9.18 Å². The van der Waals surface area contributed by atoms with E-state index in [1.165, 1.54) is 6.07 Å². The molecule has 6 nitrogen and oxygen atoms in total. The second-order valence-corrected chi connectivity index (χ2v) is 6.27. The van der Waals surface area contributed by atoms with Crippen molar-refractivity contribution in [2.24, 2.45) is 0 Å². The van der Waals surface area contributed by atoms with Crippen LogP contribution >= 0.6 is 0 Å². The Kier molecular flexibility index (Phi) is 3.72. The average Bonchev–Trinajstić information content (AvgIpc) is 3.16. The van der Waals surface area contributed by atoms with E-state index in [4.69, 9.17) is 4.74 Å². The summed E-state index contributed by atoms with van der Waals surface area (Å²) in [7, 11) is 0. The number of ether oxygens (including phenoxy) is 1. The summed E-state index contributed by atoms with van der Waals surface area (Å²) in [6, 6.07) is 5.00. The van der Waals surface area contributed by atoms with Gasteiger partial charge in [-0.25, -0.2) is 9.18 Å². The van der Waals surface area contributed by atoms with Gasteiger partial charge in [-0.1, -0.05) is 18.2 Å². The number of nitrogens with zero attached hydrogens (tertiary/aromatic N) is 1. The molecule has 126 valence electrons. The van der Waals surface area contributed by atoms with Gasteiger partial charge >= 0.3 is 6.03 Å². The molecule has 3 amide bonds. The van der Waals surface area contributed by atoms with Crippen LogP contribution in [0.2, 0.25) is 0 Å². The molecule has 2 atom stereocenters. The highest BCUT2D eigenvalue weighted by Gasteiger charge is 2.41. The number of urea groups is 1. The van der Waals surface area contributed by atoms with Crippen LogP contribution in [-0.4, -0.2) is 42.6 Å². The van der Waals surface area contributed by atoms with Crippen molar-refractivity contribution in [3.05, 3.63) is 46.9 Å². The normalized spacial score (nSPS) is 26.5. The van der Waals surface area contributed by atoms with Crippen molar-refractivity contribution in [3.8, 4) is 0 Å². The molecule has 24 heavy (non-hydrogen) atoms. The number of rotatable bonds is 3. The van der Waals surface area contributed by atoms with Gasteiger partial charge in [0.25, 0.3) is 5.91 Å². The molecule has 0 aliphatic carbocycles. The lowest BCUT2D eigenvalue weighted by Crippen LogP contribution is -2.44. The van der Waals surface area contributed by atoms with E-state index in [9.17, 15) is 14.0 Å². The lowest BCUT2D eigenvalue weighted by molar-refractivity contribution is -0.127. The molecule has 4 rings (SSSR count). The van der Waals surface area contributed by atoms with Gasteiger partial charge in [-0.15, -0.1) is 0 Å². The summed E-state index contributed by atoms with van der Waals surface area (Å²) < 4.78 is 19.8. The molecule has 1 fully saturated rings. The molecule has 2 N–H and O–H groups in total. The minimum Gasteiger partial charge on any atom is -0.376 e. The average molecular weight is 331 g/mol. The summed E-state index contributed by atoms with van der Waals surface area (Å²) >= 11 is 0. The van der Waals surface area contributed by atoms with Crippen LogP contribution in [0.15, 0.2) is 35.5 Å². The molecule has 1 aromatic carbocycles. The number of hydrogen-bond donors (Lipinski definition) is 2. The van der Waals surface area contributed by atoms with E-state index < -0.39 is 17.9 Å². The van der Waals surface area contributed by atoms with Crippen LogP contribution < -0.4 is 10.6 Å². The maximum Gasteiger partial charge on any atom is 0.319 e. The van der Waals surface area contributed by atoms with Gasteiger partial charge in [0.15, 0.2) is 0 Å². The molecule has 0 spiro atoms. The molecule has 7 heteroatoms. The summed E-state index contributed by atoms with van der Waals surface area (Å²) in [5.74, 6) is -0.622. The second-order valence-electron chi connectivity index (χ2n) is 6.27. The fraction of sp³-hybridized carbons (Fsp3) is 0.412. The quantitative estimate of drug-likeness (QED) is 0.881. The van der Waals surface area contributed by atoms with E-state index in [-0.39, 0.29) is 12.0 Å². The van der Waals surface area contributed by atoms with Crippen LogP contribution in [0.25, 0.3) is 0 Å². The van der Waals surface area contributed by atoms with Crippen molar-refractivity contribution < 1.29 is 18.7 Å². The van der Waals surface area contributed by atoms with Gasteiger partial charge in [-0.3, -0.25) is 4.79 Å². The fourth-order valence-corrected chi connectivity index (χ4v) is 3.55. The number of carbonyl (C=O) groups is 2. The maximum absolute atomic E-state index is 14.2. The Labute approximate surface area is 138 Å². The summed E-state index contributed by atoms with van der Waals surface area (Å²) in [5, 5.41) is 5.35. The van der Waals surface area contributed by atoms with E-state index in [0.29, 0.717) is 29.9 Å². The van der Waals surface area contributed by atoms with Crippen molar-refractivity contribution in [3.63, 3.8) is 0 Å². The first-order chi connectivity index (χ1) is 11.6. The standard InChI is InChI=1S/C17H18FN3O3/c18-12-6-2-1-5-11(12)15-14-13(19-17(23)20-15)9-21(16(14)22)8-10-4-3-7-24-10/h1-2,5-6,10,15H,3-4,7-9H2,(H2,19,20,23)/t10-,15+/m0/s1. The number of benzene rings is 1. The predicted octanol–water partition coefficient (Wildman–Crippen LogP) is 1.45. The first-order valence-corrected chi connectivity index (χ1v) is 8.09. The van der Waals surface area contributed by atoms with Crippen molar-refractivity contribution in [1.29, 1.82) is 0 Å². The Morgan fingerprint density at radius 1 is 1.29 bits per heavy atom. The molecular formula is C17H18FN3O3. The van der Waals surface area contributed by atoms with E-state index in [0.717, 1.165) is 19.4 Å².